The summed E-state index contributed by atoms with van der Waals surface area (Å²) in [6.07, 6.45) is 1.59. The lowest BCUT2D eigenvalue weighted by Gasteiger charge is -2.29. The van der Waals surface area contributed by atoms with Crippen LogP contribution >= 0.6 is 0 Å². The largest absolute Gasteiger partial charge is 0.467 e. The van der Waals surface area contributed by atoms with Gasteiger partial charge in [-0.15, -0.1) is 0 Å². The fourth-order valence-electron chi connectivity index (χ4n) is 2.21. The van der Waals surface area contributed by atoms with Crippen LogP contribution in [-0.4, -0.2) is 23.3 Å². The zero-order chi connectivity index (χ0) is 13.9. The number of benzene rings is 1. The highest BCUT2D eigenvalue weighted by atomic mass is 16.3. The van der Waals surface area contributed by atoms with Crippen molar-refractivity contribution in [3.05, 3.63) is 60.1 Å². The summed E-state index contributed by atoms with van der Waals surface area (Å²) >= 11 is 0. The second-order valence-corrected chi connectivity index (χ2v) is 4.46. The SMILES string of the molecule is CCN1N=C(c2ccccc2)C(c2ccco2)NC1=O. The topological polar surface area (TPSA) is 57.8 Å². The summed E-state index contributed by atoms with van der Waals surface area (Å²) in [5.74, 6) is 0.678. The van der Waals surface area contributed by atoms with Gasteiger partial charge < -0.3 is 9.73 Å². The van der Waals surface area contributed by atoms with Gasteiger partial charge in [-0.05, 0) is 19.1 Å². The van der Waals surface area contributed by atoms with E-state index in [2.05, 4.69) is 10.4 Å². The molecule has 5 nitrogen and oxygen atoms in total. The Hall–Kier alpha value is -2.56. The van der Waals surface area contributed by atoms with Gasteiger partial charge in [-0.3, -0.25) is 0 Å². The molecule has 2 heterocycles. The average Bonchev–Trinajstić information content (AvgIpc) is 3.02. The van der Waals surface area contributed by atoms with Crippen LogP contribution in [0, 0.1) is 0 Å². The molecule has 3 rings (SSSR count). The molecule has 0 aliphatic carbocycles. The average molecular weight is 269 g/mol. The molecular weight excluding hydrogens is 254 g/mol. The van der Waals surface area contributed by atoms with Crippen LogP contribution in [0.1, 0.15) is 24.3 Å². The number of furan rings is 1. The van der Waals surface area contributed by atoms with Crippen LogP contribution in [0.2, 0.25) is 0 Å². The fraction of sp³-hybridized carbons (Fsp3) is 0.200. The third kappa shape index (κ3) is 2.18. The summed E-state index contributed by atoms with van der Waals surface area (Å²) in [4.78, 5) is 12.0. The maximum atomic E-state index is 12.0. The highest BCUT2D eigenvalue weighted by Crippen LogP contribution is 2.23. The fourth-order valence-corrected chi connectivity index (χ4v) is 2.21. The first-order valence-corrected chi connectivity index (χ1v) is 6.55. The second-order valence-electron chi connectivity index (χ2n) is 4.46. The van der Waals surface area contributed by atoms with Crippen LogP contribution in [0.15, 0.2) is 58.2 Å². The molecular formula is C15H15N3O2. The van der Waals surface area contributed by atoms with Gasteiger partial charge in [-0.2, -0.15) is 5.10 Å². The van der Waals surface area contributed by atoms with Gasteiger partial charge in [0.15, 0.2) is 0 Å². The highest BCUT2D eigenvalue weighted by Gasteiger charge is 2.31. The van der Waals surface area contributed by atoms with Crippen molar-refractivity contribution >= 4 is 11.7 Å². The molecule has 5 heteroatoms. The summed E-state index contributed by atoms with van der Waals surface area (Å²) < 4.78 is 5.43. The van der Waals surface area contributed by atoms with E-state index in [1.807, 2.05) is 43.3 Å². The molecule has 0 saturated heterocycles. The number of nitrogens with one attached hydrogen (secondary N) is 1. The van der Waals surface area contributed by atoms with Crippen LogP contribution in [0.5, 0.6) is 0 Å². The molecule has 20 heavy (non-hydrogen) atoms. The number of amides is 2. The van der Waals surface area contributed by atoms with Crippen molar-refractivity contribution in [2.75, 3.05) is 6.54 Å². The van der Waals surface area contributed by atoms with Gasteiger partial charge in [-0.25, -0.2) is 9.80 Å². The van der Waals surface area contributed by atoms with Crippen LogP contribution in [-0.2, 0) is 0 Å². The zero-order valence-electron chi connectivity index (χ0n) is 11.1. The molecule has 2 amide bonds. The molecule has 1 aromatic heterocycles. The lowest BCUT2D eigenvalue weighted by molar-refractivity contribution is 0.195. The third-order valence-electron chi connectivity index (χ3n) is 3.20. The molecule has 1 aromatic carbocycles. The second kappa shape index (κ2) is 5.21. The number of carbonyl (C=O) groups excluding carboxylic acids is 1. The van der Waals surface area contributed by atoms with Crippen molar-refractivity contribution in [3.63, 3.8) is 0 Å². The van der Waals surface area contributed by atoms with E-state index in [9.17, 15) is 4.79 Å². The van der Waals surface area contributed by atoms with Crippen LogP contribution < -0.4 is 5.32 Å². The Balaban J connectivity index is 2.06. The Morgan fingerprint density at radius 3 is 2.70 bits per heavy atom. The van der Waals surface area contributed by atoms with Crippen LogP contribution in [0.4, 0.5) is 4.79 Å². The number of nitrogens with zero attached hydrogens (tertiary/aromatic N) is 2. The predicted molar refractivity (Wildman–Crippen MR) is 75.3 cm³/mol. The summed E-state index contributed by atoms with van der Waals surface area (Å²) in [6, 6.07) is 12.9. The Morgan fingerprint density at radius 1 is 1.25 bits per heavy atom. The number of hydrogen-bond acceptors (Lipinski definition) is 3. The van der Waals surface area contributed by atoms with Crippen LogP contribution in [0.3, 0.4) is 0 Å². The van der Waals surface area contributed by atoms with Crippen molar-refractivity contribution in [1.82, 2.24) is 10.3 Å². The van der Waals surface area contributed by atoms with E-state index in [0.717, 1.165) is 11.3 Å². The summed E-state index contributed by atoms with van der Waals surface area (Å²) in [5, 5.41) is 8.82. The monoisotopic (exact) mass is 269 g/mol. The lowest BCUT2D eigenvalue weighted by atomic mass is 10.0. The highest BCUT2D eigenvalue weighted by molar-refractivity contribution is 6.07. The predicted octanol–water partition coefficient (Wildman–Crippen LogP) is 2.77. The van der Waals surface area contributed by atoms with E-state index in [-0.39, 0.29) is 12.1 Å². The number of hydrazone groups is 1. The van der Waals surface area contributed by atoms with E-state index >= 15 is 0 Å². The standard InChI is InChI=1S/C15H15N3O2/c1-2-18-15(19)16-14(12-9-6-10-20-12)13(17-18)11-7-4-3-5-8-11/h3-10,14H,2H2,1H3,(H,16,19). The molecule has 1 atom stereocenters. The minimum absolute atomic E-state index is 0.214. The molecule has 0 bridgehead atoms. The van der Waals surface area contributed by atoms with Crippen molar-refractivity contribution in [2.45, 2.75) is 13.0 Å². The zero-order valence-corrected chi connectivity index (χ0v) is 11.1. The smallest absolute Gasteiger partial charge is 0.338 e. The number of rotatable bonds is 3. The minimum atomic E-state index is -0.359. The van der Waals surface area contributed by atoms with E-state index in [1.54, 1.807) is 12.3 Å². The maximum absolute atomic E-state index is 12.0. The van der Waals surface area contributed by atoms with E-state index < -0.39 is 0 Å². The van der Waals surface area contributed by atoms with Gasteiger partial charge >= 0.3 is 6.03 Å². The van der Waals surface area contributed by atoms with E-state index in [4.69, 9.17) is 4.42 Å². The van der Waals surface area contributed by atoms with Crippen molar-refractivity contribution in [1.29, 1.82) is 0 Å². The van der Waals surface area contributed by atoms with Gasteiger partial charge in [0.2, 0.25) is 0 Å². The van der Waals surface area contributed by atoms with Crippen LogP contribution in [0.25, 0.3) is 0 Å². The summed E-state index contributed by atoms with van der Waals surface area (Å²) in [7, 11) is 0. The van der Waals surface area contributed by atoms with Gasteiger partial charge in [0.25, 0.3) is 0 Å². The first-order valence-electron chi connectivity index (χ1n) is 6.55. The molecule has 1 aliphatic rings. The minimum Gasteiger partial charge on any atom is -0.467 e. The number of carbonyl (C=O) groups is 1. The number of hydrogen-bond donors (Lipinski definition) is 1. The summed E-state index contributed by atoms with van der Waals surface area (Å²) in [6.45, 7) is 2.41. The Labute approximate surface area is 116 Å². The van der Waals surface area contributed by atoms with Gasteiger partial charge in [0.05, 0.1) is 12.0 Å². The Kier molecular flexibility index (Phi) is 3.25. The molecule has 102 valence electrons. The van der Waals surface area contributed by atoms with E-state index in [0.29, 0.717) is 12.3 Å². The molecule has 2 aromatic rings. The normalized spacial score (nSPS) is 18.6. The molecule has 0 saturated carbocycles. The van der Waals surface area contributed by atoms with Gasteiger partial charge in [0.1, 0.15) is 11.8 Å². The molecule has 1 aliphatic heterocycles. The molecule has 1 N–H and O–H groups in total. The van der Waals surface area contributed by atoms with Gasteiger partial charge in [-0.1, -0.05) is 30.3 Å². The van der Waals surface area contributed by atoms with E-state index in [1.165, 1.54) is 5.01 Å². The quantitative estimate of drug-likeness (QED) is 0.931. The third-order valence-corrected chi connectivity index (χ3v) is 3.20. The van der Waals surface area contributed by atoms with Crippen molar-refractivity contribution in [3.8, 4) is 0 Å². The summed E-state index contributed by atoms with van der Waals surface area (Å²) in [5.41, 5.74) is 1.74. The first kappa shape index (κ1) is 12.5. The molecule has 0 radical (unpaired) electrons. The maximum Gasteiger partial charge on any atom is 0.338 e. The molecule has 1 unspecified atom stereocenters. The molecule has 0 fully saturated rings. The Morgan fingerprint density at radius 2 is 2.05 bits per heavy atom. The lowest BCUT2D eigenvalue weighted by Crippen LogP contribution is -2.47. The Bertz CT molecular complexity index is 620. The van der Waals surface area contributed by atoms with Crippen molar-refractivity contribution < 1.29 is 9.21 Å². The molecule has 0 spiro atoms. The van der Waals surface area contributed by atoms with Gasteiger partial charge in [0, 0.05) is 12.1 Å². The number of urea groups is 1. The first-order chi connectivity index (χ1) is 9.79. The van der Waals surface area contributed by atoms with Crippen molar-refractivity contribution in [2.24, 2.45) is 5.10 Å².